The highest BCUT2D eigenvalue weighted by atomic mass is 32.1. The first kappa shape index (κ1) is 13.7. The molecule has 0 aliphatic carbocycles. The van der Waals surface area contributed by atoms with Crippen molar-refractivity contribution in [2.75, 3.05) is 7.11 Å². The van der Waals surface area contributed by atoms with E-state index in [9.17, 15) is 4.79 Å². The summed E-state index contributed by atoms with van der Waals surface area (Å²) in [6, 6.07) is 8.01. The third-order valence-electron chi connectivity index (χ3n) is 2.81. The summed E-state index contributed by atoms with van der Waals surface area (Å²) >= 11 is 1.73. The Morgan fingerprint density at radius 1 is 1.47 bits per heavy atom. The molecular weight excluding hydrogens is 260 g/mol. The number of thiophene rings is 1. The van der Waals surface area contributed by atoms with Crippen LogP contribution in [0.15, 0.2) is 35.8 Å². The molecule has 0 aromatic carbocycles. The summed E-state index contributed by atoms with van der Waals surface area (Å²) in [6.45, 7) is 2.79. The van der Waals surface area contributed by atoms with Crippen LogP contribution in [0.2, 0.25) is 0 Å². The monoisotopic (exact) mass is 276 g/mol. The molecule has 0 bridgehead atoms. The molecule has 1 N–H and O–H groups in total. The topological polar surface area (TPSA) is 51.2 Å². The van der Waals surface area contributed by atoms with E-state index >= 15 is 0 Å². The smallest absolute Gasteiger partial charge is 0.339 e. The molecule has 2 aromatic rings. The van der Waals surface area contributed by atoms with Gasteiger partial charge in [-0.3, -0.25) is 4.98 Å². The number of nitrogens with one attached hydrogen (secondary N) is 1. The van der Waals surface area contributed by atoms with Crippen molar-refractivity contribution in [3.05, 3.63) is 52.0 Å². The molecule has 0 saturated heterocycles. The Morgan fingerprint density at radius 3 is 2.89 bits per heavy atom. The number of ether oxygens (including phenoxy) is 1. The molecule has 4 nitrogen and oxygen atoms in total. The minimum atomic E-state index is -0.362. The largest absolute Gasteiger partial charge is 0.465 e. The van der Waals surface area contributed by atoms with Crippen LogP contribution in [0.3, 0.4) is 0 Å². The van der Waals surface area contributed by atoms with Gasteiger partial charge in [0.05, 0.1) is 18.4 Å². The number of pyridine rings is 1. The van der Waals surface area contributed by atoms with Crippen molar-refractivity contribution < 1.29 is 9.53 Å². The molecule has 1 atom stereocenters. The zero-order valence-electron chi connectivity index (χ0n) is 10.9. The first-order valence-electron chi connectivity index (χ1n) is 6.00. The number of esters is 1. The van der Waals surface area contributed by atoms with E-state index in [-0.39, 0.29) is 5.97 Å². The van der Waals surface area contributed by atoms with Gasteiger partial charge in [-0.2, -0.15) is 0 Å². The van der Waals surface area contributed by atoms with Gasteiger partial charge in [0, 0.05) is 23.7 Å². The molecule has 100 valence electrons. The van der Waals surface area contributed by atoms with Crippen molar-refractivity contribution in [2.24, 2.45) is 0 Å². The fraction of sp³-hybridized carbons (Fsp3) is 0.286. The summed E-state index contributed by atoms with van der Waals surface area (Å²) in [5.41, 5.74) is 1.37. The summed E-state index contributed by atoms with van der Waals surface area (Å²) < 4.78 is 4.63. The highest BCUT2D eigenvalue weighted by Gasteiger charge is 2.08. The fourth-order valence-electron chi connectivity index (χ4n) is 1.66. The van der Waals surface area contributed by atoms with Gasteiger partial charge in [-0.15, -0.1) is 11.3 Å². The number of rotatable bonds is 5. The van der Waals surface area contributed by atoms with Gasteiger partial charge < -0.3 is 10.1 Å². The number of carbonyl (C=O) groups is 1. The van der Waals surface area contributed by atoms with Crippen LogP contribution in [0.1, 0.15) is 33.9 Å². The Hall–Kier alpha value is -1.72. The lowest BCUT2D eigenvalue weighted by atomic mass is 10.2. The number of hydrogen-bond acceptors (Lipinski definition) is 5. The molecule has 0 unspecified atom stereocenters. The maximum absolute atomic E-state index is 11.3. The van der Waals surface area contributed by atoms with Crippen LogP contribution >= 0.6 is 11.3 Å². The molecule has 2 aromatic heterocycles. The van der Waals surface area contributed by atoms with Crippen molar-refractivity contribution in [1.82, 2.24) is 10.3 Å². The van der Waals surface area contributed by atoms with Crippen LogP contribution in [0.25, 0.3) is 0 Å². The van der Waals surface area contributed by atoms with Gasteiger partial charge in [-0.25, -0.2) is 4.79 Å². The molecule has 0 saturated carbocycles. The molecule has 5 heteroatoms. The predicted molar refractivity (Wildman–Crippen MR) is 75.2 cm³/mol. The first-order chi connectivity index (χ1) is 9.20. The Morgan fingerprint density at radius 2 is 2.32 bits per heavy atom. The van der Waals surface area contributed by atoms with E-state index in [1.807, 2.05) is 12.1 Å². The van der Waals surface area contributed by atoms with Crippen molar-refractivity contribution in [3.63, 3.8) is 0 Å². The third-order valence-corrected chi connectivity index (χ3v) is 3.86. The molecule has 2 heterocycles. The average molecular weight is 276 g/mol. The van der Waals surface area contributed by atoms with Crippen LogP contribution in [0, 0.1) is 0 Å². The molecule has 19 heavy (non-hydrogen) atoms. The Kier molecular flexibility index (Phi) is 4.65. The molecular formula is C14H16N2O2S. The zero-order valence-corrected chi connectivity index (χ0v) is 11.7. The number of hydrogen-bond donors (Lipinski definition) is 1. The lowest BCUT2D eigenvalue weighted by molar-refractivity contribution is 0.0600. The van der Waals surface area contributed by atoms with Gasteiger partial charge in [-0.05, 0) is 30.5 Å². The normalized spacial score (nSPS) is 12.1. The highest BCUT2D eigenvalue weighted by Crippen LogP contribution is 2.18. The van der Waals surface area contributed by atoms with Crippen LogP contribution in [-0.4, -0.2) is 18.1 Å². The molecule has 0 spiro atoms. The van der Waals surface area contributed by atoms with Gasteiger partial charge in [0.2, 0.25) is 0 Å². The third kappa shape index (κ3) is 3.62. The molecule has 0 radical (unpaired) electrons. The second kappa shape index (κ2) is 6.45. The fourth-order valence-corrected chi connectivity index (χ4v) is 2.42. The van der Waals surface area contributed by atoms with Gasteiger partial charge in [0.1, 0.15) is 0 Å². The first-order valence-corrected chi connectivity index (χ1v) is 6.88. The molecule has 0 aliphatic heterocycles. The molecule has 2 rings (SSSR count). The molecule has 0 fully saturated rings. The lowest BCUT2D eigenvalue weighted by Gasteiger charge is -2.11. The van der Waals surface area contributed by atoms with Crippen LogP contribution in [-0.2, 0) is 11.3 Å². The van der Waals surface area contributed by atoms with Gasteiger partial charge in [-0.1, -0.05) is 6.07 Å². The molecule has 0 aliphatic rings. The second-order valence-corrected chi connectivity index (χ2v) is 5.13. The minimum absolute atomic E-state index is 0.294. The van der Waals surface area contributed by atoms with Gasteiger partial charge in [0.25, 0.3) is 0 Å². The van der Waals surface area contributed by atoms with E-state index in [1.54, 1.807) is 23.6 Å². The summed E-state index contributed by atoms with van der Waals surface area (Å²) in [7, 11) is 1.36. The number of carbonyl (C=O) groups excluding carboxylic acids is 1. The van der Waals surface area contributed by atoms with Crippen molar-refractivity contribution in [2.45, 2.75) is 19.5 Å². The van der Waals surface area contributed by atoms with E-state index in [4.69, 9.17) is 0 Å². The van der Waals surface area contributed by atoms with Crippen LogP contribution in [0.4, 0.5) is 0 Å². The summed E-state index contributed by atoms with van der Waals surface area (Å²) in [6.07, 6.45) is 1.54. The summed E-state index contributed by atoms with van der Waals surface area (Å²) in [5, 5.41) is 5.46. The number of methoxy groups -OCH3 is 1. The lowest BCUT2D eigenvalue weighted by Crippen LogP contribution is -2.18. The Balaban J connectivity index is 1.91. The maximum atomic E-state index is 11.3. The van der Waals surface area contributed by atoms with E-state index in [0.717, 1.165) is 5.69 Å². The second-order valence-electron chi connectivity index (χ2n) is 4.15. The van der Waals surface area contributed by atoms with Crippen molar-refractivity contribution in [3.8, 4) is 0 Å². The average Bonchev–Trinajstić information content (AvgIpc) is 2.98. The quantitative estimate of drug-likeness (QED) is 0.853. The number of aromatic nitrogens is 1. The number of nitrogens with zero attached hydrogens (tertiary/aromatic N) is 1. The Labute approximate surface area is 116 Å². The van der Waals surface area contributed by atoms with E-state index in [0.29, 0.717) is 18.2 Å². The van der Waals surface area contributed by atoms with Crippen molar-refractivity contribution in [1.29, 1.82) is 0 Å². The standard InChI is InChI=1S/C14H16N2O2S/c1-10(13-4-3-7-19-13)15-9-12-6-5-11(8-16-12)14(17)18-2/h3-8,10,15H,9H2,1-2H3/t10-/m0/s1. The van der Waals surface area contributed by atoms with Crippen LogP contribution < -0.4 is 5.32 Å². The predicted octanol–water partition coefficient (Wildman–Crippen LogP) is 2.78. The molecule has 0 amide bonds. The van der Waals surface area contributed by atoms with Crippen molar-refractivity contribution >= 4 is 17.3 Å². The van der Waals surface area contributed by atoms with E-state index in [1.165, 1.54) is 12.0 Å². The summed E-state index contributed by atoms with van der Waals surface area (Å²) in [5.74, 6) is -0.362. The maximum Gasteiger partial charge on any atom is 0.339 e. The van der Waals surface area contributed by atoms with E-state index in [2.05, 4.69) is 33.4 Å². The SMILES string of the molecule is COC(=O)c1ccc(CN[C@@H](C)c2cccs2)nc1. The summed E-state index contributed by atoms with van der Waals surface area (Å²) in [4.78, 5) is 16.8. The zero-order chi connectivity index (χ0) is 13.7. The van der Waals surface area contributed by atoms with Gasteiger partial charge in [0.15, 0.2) is 0 Å². The minimum Gasteiger partial charge on any atom is -0.465 e. The van der Waals surface area contributed by atoms with Gasteiger partial charge >= 0.3 is 5.97 Å². The highest BCUT2D eigenvalue weighted by molar-refractivity contribution is 7.10. The van der Waals surface area contributed by atoms with E-state index < -0.39 is 0 Å². The Bertz CT molecular complexity index is 523. The van der Waals surface area contributed by atoms with Crippen LogP contribution in [0.5, 0.6) is 0 Å².